The highest BCUT2D eigenvalue weighted by Crippen LogP contribution is 2.60. The number of allylic oxidation sites excluding steroid dienone is 7. The Hall–Kier alpha value is -3.32. The summed E-state index contributed by atoms with van der Waals surface area (Å²) in [7, 11) is -10.9. The number of aromatic nitrogens is 2. The zero-order chi connectivity index (χ0) is 55.2. The molecule has 75 heavy (non-hydrogen) atoms. The van der Waals surface area contributed by atoms with Crippen LogP contribution >= 0.6 is 15.6 Å². The van der Waals surface area contributed by atoms with E-state index >= 15 is 0 Å². The number of carbonyl (C=O) groups is 2. The van der Waals surface area contributed by atoms with Gasteiger partial charge in [-0.25, -0.2) is 13.9 Å². The minimum Gasteiger partial charge on any atom is -0.462 e. The summed E-state index contributed by atoms with van der Waals surface area (Å²) < 4.78 is 56.7. The predicted molar refractivity (Wildman–Crippen MR) is 290 cm³/mol. The number of hydrogen-bond acceptors (Lipinski definition) is 16. The first-order valence-electron chi connectivity index (χ1n) is 27.6. The summed E-state index contributed by atoms with van der Waals surface area (Å²) in [5, 5.41) is 31.4. The second-order valence-electron chi connectivity index (χ2n) is 19.8. The number of ether oxygens (including phenoxy) is 3. The molecule has 0 aromatic carbocycles. The molecule has 0 saturated carbocycles. The van der Waals surface area contributed by atoms with Crippen molar-refractivity contribution >= 4 is 33.4 Å². The van der Waals surface area contributed by atoms with Gasteiger partial charge in [0.1, 0.15) is 30.7 Å². The third kappa shape index (κ3) is 34.2. The molecule has 2 unspecified atom stereocenters. The zero-order valence-corrected chi connectivity index (χ0v) is 46.9. The molecule has 0 bridgehead atoms. The zero-order valence-electron chi connectivity index (χ0n) is 45.1. The van der Waals surface area contributed by atoms with Crippen molar-refractivity contribution in [2.24, 2.45) is 5.92 Å². The van der Waals surface area contributed by atoms with E-state index < -0.39 is 89.8 Å². The monoisotopic (exact) mass is 1100 g/mol. The number of nitrogen functional groups attached to an aromatic ring is 1. The van der Waals surface area contributed by atoms with Gasteiger partial charge >= 0.3 is 33.3 Å². The second kappa shape index (κ2) is 40.8. The Morgan fingerprint density at radius 2 is 1.31 bits per heavy atom. The summed E-state index contributed by atoms with van der Waals surface area (Å²) in [5.41, 5.74) is 4.58. The maximum Gasteiger partial charge on any atom is 0.481 e. The van der Waals surface area contributed by atoms with Gasteiger partial charge in [-0.1, -0.05) is 185 Å². The average Bonchev–Trinajstić information content (AvgIpc) is 3.63. The molecule has 21 heteroatoms. The number of phosphoric ester groups is 2. The third-order valence-corrected chi connectivity index (χ3v) is 15.1. The van der Waals surface area contributed by atoms with Crippen LogP contribution in [0, 0.1) is 5.92 Å². The largest absolute Gasteiger partial charge is 0.481 e. The van der Waals surface area contributed by atoms with E-state index in [1.807, 2.05) is 12.2 Å². The number of rotatable bonds is 45. The molecular formula is C54H93N3O16P2. The van der Waals surface area contributed by atoms with Crippen LogP contribution in [0.3, 0.4) is 0 Å². The lowest BCUT2D eigenvalue weighted by Gasteiger charge is -2.21. The summed E-state index contributed by atoms with van der Waals surface area (Å²) in [6.45, 7) is 4.30. The lowest BCUT2D eigenvalue weighted by Crippen LogP contribution is -2.36. The molecule has 8 atom stereocenters. The molecule has 1 fully saturated rings. The Morgan fingerprint density at radius 3 is 1.92 bits per heavy atom. The molecule has 0 amide bonds. The van der Waals surface area contributed by atoms with Gasteiger partial charge in [-0.2, -0.15) is 9.29 Å². The van der Waals surface area contributed by atoms with Gasteiger partial charge in [0.25, 0.3) is 0 Å². The molecule has 0 aliphatic carbocycles. The minimum absolute atomic E-state index is 0.0883. The molecule has 2 heterocycles. The SMILES string of the molecule is CCCCC/C=C\C/C=C\C/C=C\C=C\[C@H](O)CCCC(=O)O[C@H](COC(=O)CCCCCCCCCCCCCCCCCCC(C)C)COP(=O)(O)OP(=O)(O)OC[C@H]1O[C@@H](n2ccc(N)nc2=O)[C@H](O)[C@@H]1O. The number of unbranched alkanes of at least 4 members (excludes halogenated alkanes) is 18. The first-order valence-corrected chi connectivity index (χ1v) is 30.6. The van der Waals surface area contributed by atoms with Crippen molar-refractivity contribution in [3.63, 3.8) is 0 Å². The van der Waals surface area contributed by atoms with Crippen LogP contribution < -0.4 is 11.4 Å². The van der Waals surface area contributed by atoms with Crippen LogP contribution in [0.1, 0.15) is 200 Å². The number of aliphatic hydroxyl groups is 3. The fraction of sp³-hybridized carbons (Fsp3) is 0.741. The Kier molecular flexibility index (Phi) is 36.9. The van der Waals surface area contributed by atoms with E-state index in [9.17, 15) is 48.6 Å². The fourth-order valence-electron chi connectivity index (χ4n) is 8.13. The highest BCUT2D eigenvalue weighted by Gasteiger charge is 2.46. The molecule has 0 spiro atoms. The highest BCUT2D eigenvalue weighted by molar-refractivity contribution is 7.61. The van der Waals surface area contributed by atoms with Crippen LogP contribution in [-0.4, -0.2) is 96.9 Å². The van der Waals surface area contributed by atoms with Crippen LogP contribution in [0.2, 0.25) is 0 Å². The lowest BCUT2D eigenvalue weighted by molar-refractivity contribution is -0.161. The lowest BCUT2D eigenvalue weighted by atomic mass is 10.0. The quantitative estimate of drug-likeness (QED) is 0.0116. The van der Waals surface area contributed by atoms with E-state index in [2.05, 4.69) is 54.4 Å². The number of nitrogens with two attached hydrogens (primary N) is 1. The molecule has 19 nitrogen and oxygen atoms in total. The molecular weight excluding hydrogens is 1010 g/mol. The number of hydrogen-bond donors (Lipinski definition) is 6. The van der Waals surface area contributed by atoms with Crippen LogP contribution in [-0.2, 0) is 46.3 Å². The van der Waals surface area contributed by atoms with Gasteiger partial charge in [0, 0.05) is 19.0 Å². The van der Waals surface area contributed by atoms with E-state index in [0.717, 1.165) is 61.6 Å². The minimum atomic E-state index is -5.47. The third-order valence-electron chi connectivity index (χ3n) is 12.4. The van der Waals surface area contributed by atoms with Gasteiger partial charge in [0.15, 0.2) is 12.3 Å². The van der Waals surface area contributed by atoms with E-state index in [1.54, 1.807) is 12.2 Å². The average molecular weight is 1100 g/mol. The summed E-state index contributed by atoms with van der Waals surface area (Å²) in [6.07, 6.45) is 35.0. The van der Waals surface area contributed by atoms with E-state index in [0.29, 0.717) is 6.42 Å². The molecule has 1 aromatic rings. The van der Waals surface area contributed by atoms with Crippen molar-refractivity contribution < 1.29 is 71.4 Å². The van der Waals surface area contributed by atoms with Gasteiger partial charge in [0.05, 0.1) is 19.3 Å². The van der Waals surface area contributed by atoms with Gasteiger partial charge < -0.3 is 45.1 Å². The van der Waals surface area contributed by atoms with Gasteiger partial charge in [-0.3, -0.25) is 23.2 Å². The Balaban J connectivity index is 1.81. The smallest absolute Gasteiger partial charge is 0.462 e. The molecule has 1 aliphatic rings. The van der Waals surface area contributed by atoms with Crippen LogP contribution in [0.15, 0.2) is 65.7 Å². The fourth-order valence-corrected chi connectivity index (χ4v) is 10.2. The first-order chi connectivity index (χ1) is 35.9. The van der Waals surface area contributed by atoms with Gasteiger partial charge in [-0.05, 0) is 56.9 Å². The van der Waals surface area contributed by atoms with Crippen molar-refractivity contribution in [1.82, 2.24) is 9.55 Å². The number of phosphoric acid groups is 2. The molecule has 1 saturated heterocycles. The molecule has 2 rings (SSSR count). The van der Waals surface area contributed by atoms with Crippen molar-refractivity contribution in [2.75, 3.05) is 25.6 Å². The molecule has 430 valence electrons. The van der Waals surface area contributed by atoms with Crippen LogP contribution in [0.4, 0.5) is 5.82 Å². The maximum absolute atomic E-state index is 12.9. The number of carbonyl (C=O) groups excluding carboxylic acids is 2. The van der Waals surface area contributed by atoms with Crippen LogP contribution in [0.25, 0.3) is 0 Å². The summed E-state index contributed by atoms with van der Waals surface area (Å²) >= 11 is 0. The standard InChI is InChI=1S/C54H93N3O16P2/c1-4-5-6-7-8-9-10-15-19-22-25-28-31-35-45(58)36-33-38-50(60)71-46(41-68-49(59)37-32-29-26-23-20-17-14-12-11-13-16-18-21-24-27-30-34-44(2)3)42-69-74(64,65)73-75(66,67)70-43-47-51(61)52(62)53(72-47)57-40-39-48(55)56-54(57)63/h8-9,15,19,25,28,31,35,39-40,44-47,51-53,58,61-62H,4-7,10-14,16-18,20-24,26-27,29-30,32-34,36-38,41-43H2,1-3H3,(H,64,65)(H,66,67)(H2,55,56,63)/b9-8-,19-15-,28-25-,35-31+/t45-,46+,47+,51+,52+,53+/m0/s1. The van der Waals surface area contributed by atoms with E-state index in [1.165, 1.54) is 102 Å². The van der Waals surface area contributed by atoms with E-state index in [-0.39, 0.29) is 31.5 Å². The van der Waals surface area contributed by atoms with Crippen molar-refractivity contribution in [3.8, 4) is 0 Å². The number of nitrogens with zero attached hydrogens (tertiary/aromatic N) is 2. The Bertz CT molecular complexity index is 1980. The molecule has 0 radical (unpaired) electrons. The van der Waals surface area contributed by atoms with Crippen LogP contribution in [0.5, 0.6) is 0 Å². The van der Waals surface area contributed by atoms with Gasteiger partial charge in [-0.15, -0.1) is 0 Å². The van der Waals surface area contributed by atoms with Gasteiger partial charge in [0.2, 0.25) is 0 Å². The maximum atomic E-state index is 12.9. The second-order valence-corrected chi connectivity index (χ2v) is 22.8. The Morgan fingerprint density at radius 1 is 0.733 bits per heavy atom. The summed E-state index contributed by atoms with van der Waals surface area (Å²) in [4.78, 5) is 62.1. The summed E-state index contributed by atoms with van der Waals surface area (Å²) in [6, 6.07) is 1.24. The highest BCUT2D eigenvalue weighted by atomic mass is 31.3. The first kappa shape index (κ1) is 67.8. The Labute approximate surface area is 446 Å². The van der Waals surface area contributed by atoms with Crippen molar-refractivity contribution in [3.05, 3.63) is 71.4 Å². The number of anilines is 1. The molecule has 1 aromatic heterocycles. The molecule has 7 N–H and O–H groups in total. The topological polar surface area (TPSA) is 286 Å². The summed E-state index contributed by atoms with van der Waals surface area (Å²) in [5.74, 6) is -0.698. The number of esters is 2. The predicted octanol–water partition coefficient (Wildman–Crippen LogP) is 10.9. The normalized spacial score (nSPS) is 19.6. The van der Waals surface area contributed by atoms with Crippen molar-refractivity contribution in [1.29, 1.82) is 0 Å². The molecule has 1 aliphatic heterocycles. The van der Waals surface area contributed by atoms with Crippen molar-refractivity contribution in [2.45, 2.75) is 231 Å². The number of aliphatic hydroxyl groups excluding tert-OH is 3. The van der Waals surface area contributed by atoms with E-state index in [4.69, 9.17) is 29.0 Å².